The Morgan fingerprint density at radius 3 is 1.90 bits per heavy atom. The van der Waals surface area contributed by atoms with Crippen molar-refractivity contribution in [2.24, 2.45) is 0 Å². The van der Waals surface area contributed by atoms with E-state index >= 15 is 0 Å². The van der Waals surface area contributed by atoms with Crippen LogP contribution >= 0.6 is 9.90 Å². The summed E-state index contributed by atoms with van der Waals surface area (Å²) in [4.78, 5) is 0. The number of aryl methyl sites for hydroxylation is 1. The van der Waals surface area contributed by atoms with E-state index in [9.17, 15) is 0 Å². The van der Waals surface area contributed by atoms with Crippen LogP contribution in [0, 0.1) is 0 Å². The Bertz CT molecular complexity index is 151. The summed E-state index contributed by atoms with van der Waals surface area (Å²) < 4.78 is 0. The van der Waals surface area contributed by atoms with Gasteiger partial charge in [-0.05, 0) is 12.0 Å². The van der Waals surface area contributed by atoms with Gasteiger partial charge in [-0.25, -0.2) is 0 Å². The standard InChI is InChI=1S/C8H10.Na.H2P/c1-2-8-6-4-3-5-7-8;;/h3-7H,2H2,1H3;;1H2/q;+1;-1. The predicted octanol–water partition coefficient (Wildman–Crippen LogP) is -0.421. The molecule has 1 aromatic rings. The monoisotopic (exact) mass is 162 g/mol. The number of hydrogen-bond acceptors (Lipinski definition) is 0. The van der Waals surface area contributed by atoms with Crippen LogP contribution in [-0.4, -0.2) is 0 Å². The van der Waals surface area contributed by atoms with Crippen molar-refractivity contribution in [2.75, 3.05) is 0 Å². The normalized spacial score (nSPS) is 7.30. The van der Waals surface area contributed by atoms with Gasteiger partial charge in [-0.1, -0.05) is 37.3 Å². The van der Waals surface area contributed by atoms with Crippen molar-refractivity contribution >= 4 is 9.90 Å². The Morgan fingerprint density at radius 1 is 1.10 bits per heavy atom. The third-order valence-corrected chi connectivity index (χ3v) is 1.25. The second-order valence-electron chi connectivity index (χ2n) is 1.84. The molecule has 0 radical (unpaired) electrons. The fraction of sp³-hybridized carbons (Fsp3) is 0.250. The molecule has 1 rings (SSSR count). The van der Waals surface area contributed by atoms with Crippen LogP contribution in [0.2, 0.25) is 0 Å². The van der Waals surface area contributed by atoms with Crippen molar-refractivity contribution < 1.29 is 29.6 Å². The summed E-state index contributed by atoms with van der Waals surface area (Å²) >= 11 is 0. The summed E-state index contributed by atoms with van der Waals surface area (Å²) in [6.07, 6.45) is 1.14. The summed E-state index contributed by atoms with van der Waals surface area (Å²) in [6.45, 7) is 2.16. The van der Waals surface area contributed by atoms with E-state index in [1.54, 1.807) is 0 Å². The minimum atomic E-state index is 0. The van der Waals surface area contributed by atoms with Gasteiger partial charge in [0.05, 0.1) is 0 Å². The van der Waals surface area contributed by atoms with Crippen molar-refractivity contribution in [3.8, 4) is 0 Å². The molecule has 0 aliphatic heterocycles. The van der Waals surface area contributed by atoms with Gasteiger partial charge in [-0.15, -0.1) is 0 Å². The van der Waals surface area contributed by atoms with Crippen LogP contribution in [-0.2, 0) is 6.42 Å². The summed E-state index contributed by atoms with van der Waals surface area (Å²) in [5.74, 6) is 0. The van der Waals surface area contributed by atoms with Gasteiger partial charge in [-0.3, -0.25) is 0 Å². The molecule has 0 spiro atoms. The average molecular weight is 162 g/mol. The van der Waals surface area contributed by atoms with E-state index in [1.807, 2.05) is 6.07 Å². The molecule has 0 heterocycles. The van der Waals surface area contributed by atoms with Crippen molar-refractivity contribution in [1.29, 1.82) is 0 Å². The van der Waals surface area contributed by atoms with Crippen molar-refractivity contribution in [3.05, 3.63) is 35.9 Å². The van der Waals surface area contributed by atoms with E-state index in [2.05, 4.69) is 31.2 Å². The maximum atomic E-state index is 2.16. The molecule has 10 heavy (non-hydrogen) atoms. The summed E-state index contributed by atoms with van der Waals surface area (Å²) in [5, 5.41) is 0. The molecule has 0 N–H and O–H groups in total. The molecule has 0 bridgehead atoms. The second-order valence-corrected chi connectivity index (χ2v) is 1.84. The zero-order chi connectivity index (χ0) is 5.82. The molecule has 0 nitrogen and oxygen atoms in total. The molecule has 0 fully saturated rings. The zero-order valence-electron chi connectivity index (χ0n) is 6.67. The molecule has 0 unspecified atom stereocenters. The van der Waals surface area contributed by atoms with Gasteiger partial charge in [0, 0.05) is 0 Å². The van der Waals surface area contributed by atoms with Gasteiger partial charge in [-0.2, -0.15) is 0 Å². The van der Waals surface area contributed by atoms with E-state index in [4.69, 9.17) is 0 Å². The Kier molecular flexibility index (Phi) is 10.3. The van der Waals surface area contributed by atoms with E-state index in [0.29, 0.717) is 0 Å². The first-order chi connectivity index (χ1) is 3.93. The third-order valence-electron chi connectivity index (χ3n) is 1.25. The minimum absolute atomic E-state index is 0. The van der Waals surface area contributed by atoms with E-state index < -0.39 is 0 Å². The van der Waals surface area contributed by atoms with Crippen LogP contribution in [0.4, 0.5) is 0 Å². The minimum Gasteiger partial charge on any atom is -0.577 e. The molecule has 1 aromatic carbocycles. The second kappa shape index (κ2) is 7.75. The number of rotatable bonds is 1. The van der Waals surface area contributed by atoms with Gasteiger partial charge >= 0.3 is 29.6 Å². The maximum absolute atomic E-state index is 2.16. The SMILES string of the molecule is CCc1ccccc1.[Na+].[PH2-]. The Hall–Kier alpha value is 0.650. The molecule has 2 heteroatoms. The average Bonchev–Trinajstić information content (AvgIpc) is 1.90. The Balaban J connectivity index is 0. The molecule has 0 aliphatic carbocycles. The number of hydrogen-bond donors (Lipinski definition) is 0. The van der Waals surface area contributed by atoms with Gasteiger partial charge in [0.2, 0.25) is 0 Å². The first-order valence-corrected chi connectivity index (χ1v) is 2.97. The van der Waals surface area contributed by atoms with Crippen LogP contribution in [0.5, 0.6) is 0 Å². The van der Waals surface area contributed by atoms with E-state index in [0.717, 1.165) is 6.42 Å². The van der Waals surface area contributed by atoms with E-state index in [-0.39, 0.29) is 39.5 Å². The Labute approximate surface area is 88.3 Å². The first kappa shape index (κ1) is 13.3. The first-order valence-electron chi connectivity index (χ1n) is 2.97. The molecule has 50 valence electrons. The van der Waals surface area contributed by atoms with Crippen LogP contribution in [0.15, 0.2) is 30.3 Å². The third kappa shape index (κ3) is 4.46. The topological polar surface area (TPSA) is 0 Å². The van der Waals surface area contributed by atoms with Crippen molar-refractivity contribution in [1.82, 2.24) is 0 Å². The molecule has 0 amide bonds. The molecule has 0 saturated carbocycles. The summed E-state index contributed by atoms with van der Waals surface area (Å²) in [6, 6.07) is 10.5. The molecule has 0 aromatic heterocycles. The van der Waals surface area contributed by atoms with Crippen LogP contribution in [0.1, 0.15) is 12.5 Å². The quantitative estimate of drug-likeness (QED) is 0.388. The molecule has 0 aliphatic rings. The predicted molar refractivity (Wildman–Crippen MR) is 45.5 cm³/mol. The van der Waals surface area contributed by atoms with Gasteiger partial charge in [0.15, 0.2) is 0 Å². The fourth-order valence-electron chi connectivity index (χ4n) is 0.714. The van der Waals surface area contributed by atoms with Gasteiger partial charge in [0.25, 0.3) is 0 Å². The van der Waals surface area contributed by atoms with Gasteiger partial charge in [0.1, 0.15) is 0 Å². The van der Waals surface area contributed by atoms with Crippen molar-refractivity contribution in [3.63, 3.8) is 0 Å². The summed E-state index contributed by atoms with van der Waals surface area (Å²) in [7, 11) is 0. The molecule has 0 atom stereocenters. The van der Waals surface area contributed by atoms with Crippen LogP contribution in [0.25, 0.3) is 0 Å². The molecule has 0 saturated heterocycles. The van der Waals surface area contributed by atoms with Gasteiger partial charge < -0.3 is 9.90 Å². The van der Waals surface area contributed by atoms with E-state index in [1.165, 1.54) is 5.56 Å². The maximum Gasteiger partial charge on any atom is 1.00 e. The molecular weight excluding hydrogens is 150 g/mol. The van der Waals surface area contributed by atoms with Crippen molar-refractivity contribution in [2.45, 2.75) is 13.3 Å². The van der Waals surface area contributed by atoms with Crippen LogP contribution < -0.4 is 29.6 Å². The fourth-order valence-corrected chi connectivity index (χ4v) is 0.714. The largest absolute Gasteiger partial charge is 1.00 e. The molecular formula is C8H12NaP. The summed E-state index contributed by atoms with van der Waals surface area (Å²) in [5.41, 5.74) is 1.41. The van der Waals surface area contributed by atoms with Crippen LogP contribution in [0.3, 0.4) is 0 Å². The Morgan fingerprint density at radius 2 is 1.60 bits per heavy atom. The smallest absolute Gasteiger partial charge is 0.577 e. The number of benzene rings is 1. The zero-order valence-corrected chi connectivity index (χ0v) is 9.83.